The predicted molar refractivity (Wildman–Crippen MR) is 200 cm³/mol. The van der Waals surface area contributed by atoms with Crippen LogP contribution in [0.25, 0.3) is 0 Å². The number of nitrogens with one attached hydrogen (secondary N) is 1. The molecule has 278 valence electrons. The van der Waals surface area contributed by atoms with E-state index >= 15 is 0 Å². The first kappa shape index (κ1) is 37.2. The normalized spacial score (nSPS) is 25.2. The number of hydrogen-bond acceptors (Lipinski definition) is 11. The van der Waals surface area contributed by atoms with Crippen LogP contribution >= 0.6 is 16.1 Å². The first-order valence-electron chi connectivity index (χ1n) is 17.9. The highest BCUT2D eigenvalue weighted by molar-refractivity contribution is 7.61. The van der Waals surface area contributed by atoms with Crippen molar-refractivity contribution in [2.75, 3.05) is 19.8 Å². The minimum absolute atomic E-state index is 0.0177. The largest absolute Gasteiger partial charge is 0.383 e. The van der Waals surface area contributed by atoms with Gasteiger partial charge in [0.15, 0.2) is 5.44 Å². The lowest BCUT2D eigenvalue weighted by Crippen LogP contribution is -2.58. The number of hydrogen-bond donors (Lipinski definition) is 1. The van der Waals surface area contributed by atoms with Crippen molar-refractivity contribution in [3.8, 4) is 0 Å². The molecule has 3 aliphatic rings. The molecule has 3 fully saturated rings. The Morgan fingerprint density at radius 3 is 2.33 bits per heavy atom. The molecule has 1 N–H and O–H groups in total. The van der Waals surface area contributed by atoms with Crippen molar-refractivity contribution in [2.24, 2.45) is 0 Å². The van der Waals surface area contributed by atoms with E-state index in [1.165, 1.54) is 25.8 Å². The van der Waals surface area contributed by atoms with Gasteiger partial charge in [0, 0.05) is 30.8 Å². The van der Waals surface area contributed by atoms with Gasteiger partial charge in [-0.3, -0.25) is 18.9 Å². The maximum atomic E-state index is 13.4. The third-order valence-corrected chi connectivity index (χ3v) is 18.4. The molecule has 6 atom stereocenters. The van der Waals surface area contributed by atoms with E-state index in [4.69, 9.17) is 22.8 Å². The fourth-order valence-corrected chi connectivity index (χ4v) is 14.9. The van der Waals surface area contributed by atoms with Crippen LogP contribution in [0.3, 0.4) is 0 Å². The summed E-state index contributed by atoms with van der Waals surface area (Å²) in [5.41, 5.74) is -0.512. The predicted octanol–water partition coefficient (Wildman–Crippen LogP) is 3.68. The van der Waals surface area contributed by atoms with Crippen LogP contribution in [0.1, 0.15) is 44.9 Å². The van der Waals surface area contributed by atoms with Crippen LogP contribution in [-0.2, 0) is 33.9 Å². The third-order valence-electron chi connectivity index (χ3n) is 10.2. The molecule has 1 unspecified atom stereocenters. The highest BCUT2D eigenvalue weighted by atomic mass is 31.2. The Balaban J connectivity index is 1.15. The Hall–Kier alpha value is -3.10. The van der Waals surface area contributed by atoms with Gasteiger partial charge >= 0.3 is 13.3 Å². The van der Waals surface area contributed by atoms with E-state index in [9.17, 15) is 14.2 Å². The maximum absolute atomic E-state index is 13.4. The topological polar surface area (TPSA) is 152 Å². The van der Waals surface area contributed by atoms with Gasteiger partial charge in [-0.1, -0.05) is 82.8 Å². The summed E-state index contributed by atoms with van der Waals surface area (Å²) >= 11 is 0. The Kier molecular flexibility index (Phi) is 11.2. The minimum Gasteiger partial charge on any atom is -0.350 e. The summed E-state index contributed by atoms with van der Waals surface area (Å²) in [7, 11) is -7.33. The number of nitrogens with zero attached hydrogens (tertiary/aromatic N) is 5. The number of aromatic nitrogens is 5. The van der Waals surface area contributed by atoms with Gasteiger partial charge in [-0.2, -0.15) is 0 Å². The summed E-state index contributed by atoms with van der Waals surface area (Å²) in [4.78, 5) is 27.5. The number of benzene rings is 2. The molecule has 0 amide bonds. The molecule has 0 bridgehead atoms. The fraction of sp³-hybridized carbons (Fsp3) is 0.486. The average molecular weight is 769 g/mol. The van der Waals surface area contributed by atoms with Gasteiger partial charge < -0.3 is 22.8 Å². The molecular weight excluding hydrogens is 722 g/mol. The SMILES string of the molecule is CCOP(=O)(OCC)c1cn(C[C@H]2O[C@@H](n3cc(C)c(=O)[nH]c3=O)CC2O[P@@]2O[C@H](C[Si](C)(c3ccccc3)c3ccccc3)[C@@H]3CCCN32)nn1. The second-order valence-electron chi connectivity index (χ2n) is 13.6. The summed E-state index contributed by atoms with van der Waals surface area (Å²) in [5.74, 6) is 0. The molecule has 7 rings (SSSR count). The lowest BCUT2D eigenvalue weighted by Gasteiger charge is -2.32. The molecule has 0 spiro atoms. The zero-order valence-corrected chi connectivity index (χ0v) is 32.7. The number of rotatable bonds is 14. The first-order valence-corrected chi connectivity index (χ1v) is 23.3. The van der Waals surface area contributed by atoms with Crippen molar-refractivity contribution < 1.29 is 27.4 Å². The average Bonchev–Trinajstić information content (AvgIpc) is 3.95. The Labute approximate surface area is 304 Å². The van der Waals surface area contributed by atoms with E-state index in [1.54, 1.807) is 27.0 Å². The summed E-state index contributed by atoms with van der Waals surface area (Å²) in [5, 5.41) is 11.1. The van der Waals surface area contributed by atoms with Gasteiger partial charge in [0.2, 0.25) is 0 Å². The minimum atomic E-state index is -3.66. The van der Waals surface area contributed by atoms with Gasteiger partial charge in [0.1, 0.15) is 20.4 Å². The van der Waals surface area contributed by atoms with Crippen LogP contribution < -0.4 is 27.1 Å². The maximum Gasteiger partial charge on any atom is 0.383 e. The Morgan fingerprint density at radius 2 is 1.67 bits per heavy atom. The number of fused-ring (bicyclic) bond motifs is 1. The molecule has 2 aromatic heterocycles. The zero-order valence-electron chi connectivity index (χ0n) is 29.9. The molecular formula is C35H46N6O8P2Si. The van der Waals surface area contributed by atoms with Crippen LogP contribution in [0.5, 0.6) is 0 Å². The number of aryl methyl sites for hydroxylation is 1. The van der Waals surface area contributed by atoms with E-state index in [0.29, 0.717) is 12.0 Å². The standard InChI is InChI=1S/C35H46N6O8P2Si/c1-5-45-51(44,46-6-2)32-23-39(38-37-32)22-30-29(20-33(47-30)40-21-25(3)34(42)36-35(40)43)48-50-41-19-13-18-28(41)31(49-50)24-52(4,26-14-9-7-10-15-26)27-16-11-8-12-17-27/h7-12,14-17,21,23,28-31,33H,5-6,13,18-20,22,24H2,1-4H3,(H,36,42,43)/t28-,29?,30+,31+,33+,50-/m0/s1. The van der Waals surface area contributed by atoms with E-state index in [2.05, 4.69) is 87.2 Å². The summed E-state index contributed by atoms with van der Waals surface area (Å²) in [6, 6.07) is 22.7. The van der Waals surface area contributed by atoms with E-state index in [1.807, 2.05) is 0 Å². The van der Waals surface area contributed by atoms with Crippen molar-refractivity contribution in [1.82, 2.24) is 29.2 Å². The van der Waals surface area contributed by atoms with Crippen molar-refractivity contribution in [1.29, 1.82) is 0 Å². The van der Waals surface area contributed by atoms with Crippen LogP contribution in [0.15, 0.2) is 82.6 Å². The Bertz CT molecular complexity index is 1950. The first-order chi connectivity index (χ1) is 25.1. The van der Waals surface area contributed by atoms with Gasteiger partial charge in [0.05, 0.1) is 38.2 Å². The quantitative estimate of drug-likeness (QED) is 0.148. The molecule has 52 heavy (non-hydrogen) atoms. The van der Waals surface area contributed by atoms with Crippen molar-refractivity contribution in [3.05, 3.63) is 99.5 Å². The van der Waals surface area contributed by atoms with E-state index in [-0.39, 0.29) is 37.3 Å². The van der Waals surface area contributed by atoms with E-state index in [0.717, 1.165) is 25.4 Å². The third kappa shape index (κ3) is 7.48. The molecule has 0 aliphatic carbocycles. The second kappa shape index (κ2) is 15.7. The van der Waals surface area contributed by atoms with Crippen LogP contribution in [-0.4, -0.2) is 81.4 Å². The van der Waals surface area contributed by atoms with E-state index < -0.39 is 53.9 Å². The number of aromatic amines is 1. The molecule has 0 radical (unpaired) electrons. The highest BCUT2D eigenvalue weighted by Crippen LogP contribution is 2.59. The fourth-order valence-electron chi connectivity index (χ4n) is 7.54. The molecule has 3 saturated heterocycles. The second-order valence-corrected chi connectivity index (χ2v) is 21.2. The van der Waals surface area contributed by atoms with Crippen LogP contribution in [0.4, 0.5) is 0 Å². The lowest BCUT2D eigenvalue weighted by molar-refractivity contribution is -0.0272. The van der Waals surface area contributed by atoms with Crippen molar-refractivity contribution in [2.45, 2.75) is 89.8 Å². The molecule has 3 aliphatic heterocycles. The van der Waals surface area contributed by atoms with Gasteiger partial charge in [-0.25, -0.2) is 14.1 Å². The molecule has 2 aromatic carbocycles. The highest BCUT2D eigenvalue weighted by Gasteiger charge is 2.52. The Morgan fingerprint density at radius 1 is 1.00 bits per heavy atom. The van der Waals surface area contributed by atoms with Gasteiger partial charge in [-0.05, 0) is 39.7 Å². The summed E-state index contributed by atoms with van der Waals surface area (Å²) in [6.45, 7) is 8.97. The van der Waals surface area contributed by atoms with Crippen LogP contribution in [0.2, 0.25) is 12.6 Å². The molecule has 14 nitrogen and oxygen atoms in total. The van der Waals surface area contributed by atoms with Gasteiger partial charge in [0.25, 0.3) is 14.1 Å². The van der Waals surface area contributed by atoms with Crippen molar-refractivity contribution >= 4 is 40.0 Å². The number of ether oxygens (including phenoxy) is 1. The summed E-state index contributed by atoms with van der Waals surface area (Å²) < 4.78 is 50.1. The smallest absolute Gasteiger partial charge is 0.350 e. The lowest BCUT2D eigenvalue weighted by atomic mass is 10.1. The molecule has 17 heteroatoms. The van der Waals surface area contributed by atoms with Crippen molar-refractivity contribution in [3.63, 3.8) is 0 Å². The monoisotopic (exact) mass is 768 g/mol. The number of H-pyrrole nitrogens is 1. The zero-order chi connectivity index (χ0) is 36.5. The van der Waals surface area contributed by atoms with Gasteiger partial charge in [-0.15, -0.1) is 5.10 Å². The van der Waals surface area contributed by atoms with Crippen LogP contribution in [0, 0.1) is 6.92 Å². The molecule has 4 aromatic rings. The molecule has 0 saturated carbocycles. The molecule has 5 heterocycles. The summed E-state index contributed by atoms with van der Waals surface area (Å²) in [6.07, 6.45) is 3.66.